The number of ketones is 1. The fourth-order valence-corrected chi connectivity index (χ4v) is 2.10. The molecule has 0 saturated heterocycles. The van der Waals surface area contributed by atoms with Crippen molar-refractivity contribution in [3.05, 3.63) is 70.2 Å². The van der Waals surface area contributed by atoms with Gasteiger partial charge in [-0.3, -0.25) is 9.59 Å². The number of hydrogen-bond donors (Lipinski definition) is 1. The van der Waals surface area contributed by atoms with Crippen LogP contribution < -0.4 is 5.32 Å². The van der Waals surface area contributed by atoms with Crippen molar-refractivity contribution >= 4 is 39.4 Å². The minimum atomic E-state index is -0.241. The molecular weight excluding hydrogens is 330 g/mol. The molecule has 0 saturated carbocycles. The van der Waals surface area contributed by atoms with Crippen molar-refractivity contribution in [2.24, 2.45) is 0 Å². The lowest BCUT2D eigenvalue weighted by Gasteiger charge is -2.05. The minimum absolute atomic E-state index is 0.00182. The number of benzene rings is 2. The predicted molar refractivity (Wildman–Crippen MR) is 88.4 cm³/mol. The summed E-state index contributed by atoms with van der Waals surface area (Å²) in [4.78, 5) is 23.2. The van der Waals surface area contributed by atoms with Crippen molar-refractivity contribution in [3.63, 3.8) is 0 Å². The number of anilines is 1. The highest BCUT2D eigenvalue weighted by Crippen LogP contribution is 2.16. The molecule has 0 aliphatic heterocycles. The van der Waals surface area contributed by atoms with Crippen molar-refractivity contribution in [1.82, 2.24) is 0 Å². The molecule has 3 nitrogen and oxygen atoms in total. The van der Waals surface area contributed by atoms with E-state index in [-0.39, 0.29) is 11.7 Å². The first kappa shape index (κ1) is 15.2. The second-order valence-corrected chi connectivity index (χ2v) is 5.34. The highest BCUT2D eigenvalue weighted by Gasteiger charge is 2.07. The van der Waals surface area contributed by atoms with Gasteiger partial charge in [-0.05, 0) is 58.8 Å². The molecule has 0 radical (unpaired) electrons. The van der Waals surface area contributed by atoms with Crippen LogP contribution in [0.4, 0.5) is 5.69 Å². The van der Waals surface area contributed by atoms with Gasteiger partial charge < -0.3 is 5.32 Å². The monoisotopic (exact) mass is 343 g/mol. The first-order valence-electron chi connectivity index (χ1n) is 6.41. The fourth-order valence-electron chi connectivity index (χ4n) is 1.74. The molecule has 2 rings (SSSR count). The van der Waals surface area contributed by atoms with Crippen molar-refractivity contribution in [3.8, 4) is 0 Å². The topological polar surface area (TPSA) is 46.2 Å². The largest absolute Gasteiger partial charge is 0.322 e. The number of carbonyl (C=O) groups is 2. The van der Waals surface area contributed by atoms with Gasteiger partial charge in [0.05, 0.1) is 4.48 Å². The summed E-state index contributed by atoms with van der Waals surface area (Å²) >= 11 is 3.27. The number of halogens is 1. The van der Waals surface area contributed by atoms with E-state index in [1.165, 1.54) is 6.92 Å². The Balaban J connectivity index is 2.07. The number of Topliss-reactive ketones (excluding diaryl/α,β-unsaturated/α-hetero) is 1. The first-order valence-corrected chi connectivity index (χ1v) is 7.20. The summed E-state index contributed by atoms with van der Waals surface area (Å²) in [6, 6.07) is 16.3. The Kier molecular flexibility index (Phi) is 5.06. The number of amides is 1. The Labute approximate surface area is 131 Å². The van der Waals surface area contributed by atoms with Crippen LogP contribution in [0.3, 0.4) is 0 Å². The van der Waals surface area contributed by atoms with E-state index in [0.717, 1.165) is 5.56 Å². The maximum Gasteiger partial charge on any atom is 0.262 e. The van der Waals surface area contributed by atoms with E-state index in [9.17, 15) is 9.59 Å². The molecule has 0 atom stereocenters. The molecule has 0 heterocycles. The van der Waals surface area contributed by atoms with Gasteiger partial charge in [0.2, 0.25) is 0 Å². The molecule has 0 unspecified atom stereocenters. The zero-order chi connectivity index (χ0) is 15.2. The van der Waals surface area contributed by atoms with Crippen LogP contribution in [-0.4, -0.2) is 11.7 Å². The van der Waals surface area contributed by atoms with Gasteiger partial charge in [-0.2, -0.15) is 0 Å². The second-order valence-electron chi connectivity index (χ2n) is 4.49. The normalized spacial score (nSPS) is 11.0. The molecule has 4 heteroatoms. The van der Waals surface area contributed by atoms with Gasteiger partial charge in [-0.1, -0.05) is 30.3 Å². The summed E-state index contributed by atoms with van der Waals surface area (Å²) in [7, 11) is 0. The molecule has 0 spiro atoms. The SMILES string of the molecule is CC(=O)c1ccc(NC(=O)C(Br)=Cc2ccccc2)cc1. The van der Waals surface area contributed by atoms with Gasteiger partial charge in [0.1, 0.15) is 0 Å². The van der Waals surface area contributed by atoms with Crippen LogP contribution in [0.2, 0.25) is 0 Å². The molecule has 21 heavy (non-hydrogen) atoms. The molecule has 0 aromatic heterocycles. The zero-order valence-electron chi connectivity index (χ0n) is 11.5. The quantitative estimate of drug-likeness (QED) is 0.665. The molecule has 1 N–H and O–H groups in total. The number of rotatable bonds is 4. The molecule has 2 aromatic carbocycles. The van der Waals surface area contributed by atoms with Gasteiger partial charge in [-0.25, -0.2) is 0 Å². The van der Waals surface area contributed by atoms with Crippen molar-refractivity contribution in [2.75, 3.05) is 5.32 Å². The lowest BCUT2D eigenvalue weighted by molar-refractivity contribution is -0.112. The zero-order valence-corrected chi connectivity index (χ0v) is 13.1. The van der Waals surface area contributed by atoms with Crippen LogP contribution in [0.5, 0.6) is 0 Å². The Morgan fingerprint density at radius 2 is 1.62 bits per heavy atom. The summed E-state index contributed by atoms with van der Waals surface area (Å²) in [5.41, 5.74) is 2.20. The van der Waals surface area contributed by atoms with Crippen molar-refractivity contribution in [1.29, 1.82) is 0 Å². The molecule has 0 aliphatic carbocycles. The highest BCUT2D eigenvalue weighted by molar-refractivity contribution is 9.12. The average Bonchev–Trinajstić information content (AvgIpc) is 2.48. The summed E-state index contributed by atoms with van der Waals surface area (Å²) in [6.45, 7) is 1.51. The van der Waals surface area contributed by atoms with Crippen molar-refractivity contribution < 1.29 is 9.59 Å². The standard InChI is InChI=1S/C17H14BrNO2/c1-12(20)14-7-9-15(10-8-14)19-17(21)16(18)11-13-5-3-2-4-6-13/h2-11H,1H3,(H,19,21). The molecule has 106 valence electrons. The Morgan fingerprint density at radius 1 is 1.00 bits per heavy atom. The van der Waals surface area contributed by atoms with E-state index in [1.807, 2.05) is 30.3 Å². The van der Waals surface area contributed by atoms with E-state index < -0.39 is 0 Å². The molecule has 0 bridgehead atoms. The molecule has 0 aliphatic rings. The van der Waals surface area contributed by atoms with Crippen LogP contribution in [0.15, 0.2) is 59.1 Å². The predicted octanol–water partition coefficient (Wildman–Crippen LogP) is 4.26. The maximum atomic E-state index is 12.0. The molecule has 2 aromatic rings. The highest BCUT2D eigenvalue weighted by atomic mass is 79.9. The van der Waals surface area contributed by atoms with Crippen molar-refractivity contribution in [2.45, 2.75) is 6.92 Å². The van der Waals surface area contributed by atoms with Gasteiger partial charge >= 0.3 is 0 Å². The van der Waals surface area contributed by atoms with E-state index >= 15 is 0 Å². The number of hydrogen-bond acceptors (Lipinski definition) is 2. The number of carbonyl (C=O) groups excluding carboxylic acids is 2. The van der Waals surface area contributed by atoms with Crippen LogP contribution in [0.1, 0.15) is 22.8 Å². The molecule has 0 fully saturated rings. The van der Waals surface area contributed by atoms with Gasteiger partial charge in [0.15, 0.2) is 5.78 Å². The number of nitrogens with one attached hydrogen (secondary N) is 1. The van der Waals surface area contributed by atoms with Crippen LogP contribution in [0, 0.1) is 0 Å². The Bertz CT molecular complexity index is 676. The van der Waals surface area contributed by atoms with Gasteiger partial charge in [-0.15, -0.1) is 0 Å². The van der Waals surface area contributed by atoms with E-state index in [2.05, 4.69) is 21.2 Å². The Morgan fingerprint density at radius 3 is 2.19 bits per heavy atom. The lowest BCUT2D eigenvalue weighted by Crippen LogP contribution is -2.11. The first-order chi connectivity index (χ1) is 10.1. The van der Waals surface area contributed by atoms with E-state index in [4.69, 9.17) is 0 Å². The summed E-state index contributed by atoms with van der Waals surface area (Å²) in [6.07, 6.45) is 1.75. The van der Waals surface area contributed by atoms with Crippen LogP contribution >= 0.6 is 15.9 Å². The Hall–Kier alpha value is -2.20. The summed E-state index contributed by atoms with van der Waals surface area (Å²) in [5.74, 6) is -0.243. The lowest BCUT2D eigenvalue weighted by atomic mass is 10.1. The van der Waals surface area contributed by atoms with Crippen LogP contribution in [0.25, 0.3) is 6.08 Å². The smallest absolute Gasteiger partial charge is 0.262 e. The molecule has 1 amide bonds. The van der Waals surface area contributed by atoms with E-state index in [1.54, 1.807) is 30.3 Å². The third-order valence-corrected chi connectivity index (χ3v) is 3.45. The fraction of sp³-hybridized carbons (Fsp3) is 0.0588. The maximum absolute atomic E-state index is 12.0. The van der Waals surface area contributed by atoms with Gasteiger partial charge in [0.25, 0.3) is 5.91 Å². The average molecular weight is 344 g/mol. The minimum Gasteiger partial charge on any atom is -0.322 e. The third-order valence-electron chi connectivity index (χ3n) is 2.86. The third kappa shape index (κ3) is 4.39. The summed E-state index contributed by atoms with van der Waals surface area (Å²) < 4.78 is 0.435. The van der Waals surface area contributed by atoms with Crippen LogP contribution in [-0.2, 0) is 4.79 Å². The summed E-state index contributed by atoms with van der Waals surface area (Å²) in [5, 5.41) is 2.76. The van der Waals surface area contributed by atoms with E-state index in [0.29, 0.717) is 15.7 Å². The molecular formula is C17H14BrNO2. The van der Waals surface area contributed by atoms with Gasteiger partial charge in [0, 0.05) is 11.3 Å². The second kappa shape index (κ2) is 6.99.